The molecule has 0 aliphatic carbocycles. The van der Waals surface area contributed by atoms with E-state index in [4.69, 9.17) is 0 Å². The number of amides is 2. The van der Waals surface area contributed by atoms with Gasteiger partial charge in [0.15, 0.2) is 0 Å². The SMILES string of the molecule is C=C(Cc1c(O)ccc2cc(C(=O)NCCCCCCCCCCCCCCCCCC)ccc12)Cc1c(O)ccc2cc(C(=O)NCCCCCCCCCCCCCCCCCC)ccc12. The van der Waals surface area contributed by atoms with Gasteiger partial charge in [-0.2, -0.15) is 0 Å². The van der Waals surface area contributed by atoms with Gasteiger partial charge in [0.25, 0.3) is 11.8 Å². The summed E-state index contributed by atoms with van der Waals surface area (Å²) in [6.45, 7) is 10.3. The molecule has 4 aromatic rings. The number of fused-ring (bicyclic) bond motifs is 2. The predicted octanol–water partition coefficient (Wildman–Crippen LogP) is 17.7. The first-order chi connectivity index (χ1) is 33.3. The molecule has 4 N–H and O–H groups in total. The first-order valence-corrected chi connectivity index (χ1v) is 28.0. The van der Waals surface area contributed by atoms with E-state index in [0.717, 1.165) is 63.9 Å². The highest BCUT2D eigenvalue weighted by Gasteiger charge is 2.16. The van der Waals surface area contributed by atoms with E-state index in [0.29, 0.717) is 37.1 Å². The molecular formula is C62H94N2O4. The fourth-order valence-corrected chi connectivity index (χ4v) is 9.94. The second-order valence-electron chi connectivity index (χ2n) is 20.2. The maximum Gasteiger partial charge on any atom is 0.251 e. The molecule has 6 nitrogen and oxygen atoms in total. The highest BCUT2D eigenvalue weighted by molar-refractivity contribution is 6.00. The summed E-state index contributed by atoms with van der Waals surface area (Å²) in [6, 6.07) is 18.4. The number of unbranched alkanes of at least 4 members (excludes halogenated alkanes) is 30. The summed E-state index contributed by atoms with van der Waals surface area (Å²) < 4.78 is 0. The lowest BCUT2D eigenvalue weighted by Crippen LogP contribution is -2.24. The number of rotatable bonds is 40. The zero-order valence-electron chi connectivity index (χ0n) is 43.1. The van der Waals surface area contributed by atoms with Gasteiger partial charge in [-0.3, -0.25) is 9.59 Å². The second-order valence-corrected chi connectivity index (χ2v) is 20.2. The second kappa shape index (κ2) is 34.9. The molecule has 0 fully saturated rings. The van der Waals surface area contributed by atoms with Crippen LogP contribution in [-0.2, 0) is 12.8 Å². The van der Waals surface area contributed by atoms with Crippen LogP contribution < -0.4 is 10.6 Å². The van der Waals surface area contributed by atoms with Gasteiger partial charge in [0.1, 0.15) is 11.5 Å². The number of hydrogen-bond acceptors (Lipinski definition) is 4. The van der Waals surface area contributed by atoms with Gasteiger partial charge in [0, 0.05) is 35.3 Å². The average molecular weight is 931 g/mol. The molecule has 0 saturated carbocycles. The molecule has 6 heteroatoms. The number of benzene rings is 4. The topological polar surface area (TPSA) is 98.7 Å². The fourth-order valence-electron chi connectivity index (χ4n) is 9.94. The van der Waals surface area contributed by atoms with Gasteiger partial charge in [0.2, 0.25) is 0 Å². The van der Waals surface area contributed by atoms with Gasteiger partial charge in [-0.25, -0.2) is 0 Å². The number of nitrogens with one attached hydrogen (secondary N) is 2. The molecule has 0 atom stereocenters. The molecule has 4 rings (SSSR count). The Labute approximate surface area is 414 Å². The first kappa shape index (κ1) is 56.3. The molecule has 0 aromatic heterocycles. The summed E-state index contributed by atoms with van der Waals surface area (Å²) in [6.07, 6.45) is 43.3. The Hall–Kier alpha value is -4.32. The Kier molecular flexibility index (Phi) is 28.9. The van der Waals surface area contributed by atoms with Crippen LogP contribution >= 0.6 is 0 Å². The summed E-state index contributed by atoms with van der Waals surface area (Å²) >= 11 is 0. The van der Waals surface area contributed by atoms with Crippen LogP contribution in [0, 0.1) is 0 Å². The van der Waals surface area contributed by atoms with Crippen molar-refractivity contribution < 1.29 is 19.8 Å². The Morgan fingerprint density at radius 3 is 0.971 bits per heavy atom. The number of carbonyl (C=O) groups is 2. The number of aromatic hydroxyl groups is 2. The summed E-state index contributed by atoms with van der Waals surface area (Å²) in [4.78, 5) is 26.2. The highest BCUT2D eigenvalue weighted by atomic mass is 16.3. The van der Waals surface area contributed by atoms with Crippen LogP contribution in [0.25, 0.3) is 21.5 Å². The molecule has 2 amide bonds. The minimum atomic E-state index is -0.0747. The van der Waals surface area contributed by atoms with Crippen LogP contribution in [0.1, 0.15) is 251 Å². The normalized spacial score (nSPS) is 11.4. The number of hydrogen-bond donors (Lipinski definition) is 4. The Morgan fingerprint density at radius 1 is 0.397 bits per heavy atom. The average Bonchev–Trinajstić information content (AvgIpc) is 3.34. The molecule has 0 unspecified atom stereocenters. The predicted molar refractivity (Wildman–Crippen MR) is 292 cm³/mol. The Bertz CT molecular complexity index is 1890. The van der Waals surface area contributed by atoms with Crippen molar-refractivity contribution in [2.24, 2.45) is 0 Å². The zero-order chi connectivity index (χ0) is 48.4. The smallest absolute Gasteiger partial charge is 0.251 e. The van der Waals surface area contributed by atoms with Crippen LogP contribution in [0.2, 0.25) is 0 Å². The molecule has 0 heterocycles. The lowest BCUT2D eigenvalue weighted by Gasteiger charge is -2.15. The molecule has 4 aromatic carbocycles. The quantitative estimate of drug-likeness (QED) is 0.0264. The van der Waals surface area contributed by atoms with E-state index in [1.165, 1.54) is 180 Å². The van der Waals surface area contributed by atoms with Gasteiger partial charge in [-0.15, -0.1) is 0 Å². The van der Waals surface area contributed by atoms with Crippen LogP contribution in [-0.4, -0.2) is 35.1 Å². The lowest BCUT2D eigenvalue weighted by atomic mass is 9.91. The van der Waals surface area contributed by atoms with E-state index >= 15 is 0 Å². The zero-order valence-corrected chi connectivity index (χ0v) is 43.1. The third kappa shape index (κ3) is 22.0. The summed E-state index contributed by atoms with van der Waals surface area (Å²) in [7, 11) is 0. The molecule has 0 radical (unpaired) electrons. The van der Waals surface area contributed by atoms with E-state index in [-0.39, 0.29) is 23.3 Å². The van der Waals surface area contributed by atoms with E-state index in [9.17, 15) is 19.8 Å². The summed E-state index contributed by atoms with van der Waals surface area (Å²) in [5, 5.41) is 31.8. The van der Waals surface area contributed by atoms with Crippen molar-refractivity contribution in [1.29, 1.82) is 0 Å². The number of carbonyl (C=O) groups excluding carboxylic acids is 2. The molecule has 0 aliphatic heterocycles. The summed E-state index contributed by atoms with van der Waals surface area (Å²) in [5.41, 5.74) is 3.54. The number of phenolic OH excluding ortho intramolecular Hbond substituents is 2. The maximum absolute atomic E-state index is 13.1. The monoisotopic (exact) mass is 931 g/mol. The minimum absolute atomic E-state index is 0.0747. The molecule has 0 spiro atoms. The van der Waals surface area contributed by atoms with Crippen molar-refractivity contribution in [2.75, 3.05) is 13.1 Å². The fraction of sp³-hybridized carbons (Fsp3) is 0.613. The Morgan fingerprint density at radius 2 is 0.676 bits per heavy atom. The van der Waals surface area contributed by atoms with Crippen LogP contribution in [0.15, 0.2) is 72.8 Å². The van der Waals surface area contributed by atoms with Crippen molar-refractivity contribution >= 4 is 33.4 Å². The molecular weight excluding hydrogens is 837 g/mol. The van der Waals surface area contributed by atoms with E-state index in [1.807, 2.05) is 48.5 Å². The standard InChI is InChI=1S/C62H94N2O4/c1-4-6-8-10-12-14-16-18-20-22-24-26-28-30-32-34-44-63-61(67)53-36-40-55-51(48-53)38-42-59(65)57(55)46-50(3)47-58-56-41-37-54(49-52(56)39-43-60(58)66)62(68)64-45-35-33-31-29-27-25-23-21-19-17-15-13-11-9-7-5-2/h36-43,48-49,65-66H,3-35,44-47H2,1-2H3,(H,63,67)(H,64,68). The van der Waals surface area contributed by atoms with Gasteiger partial charge in [-0.05, 0) is 83.6 Å². The number of phenols is 2. The van der Waals surface area contributed by atoms with E-state index < -0.39 is 0 Å². The minimum Gasteiger partial charge on any atom is -0.508 e. The molecule has 376 valence electrons. The highest BCUT2D eigenvalue weighted by Crippen LogP contribution is 2.34. The lowest BCUT2D eigenvalue weighted by molar-refractivity contribution is 0.0945. The van der Waals surface area contributed by atoms with Gasteiger partial charge in [0.05, 0.1) is 0 Å². The molecule has 0 aliphatic rings. The van der Waals surface area contributed by atoms with Crippen LogP contribution in [0.3, 0.4) is 0 Å². The van der Waals surface area contributed by atoms with Crippen LogP contribution in [0.4, 0.5) is 0 Å². The van der Waals surface area contributed by atoms with Crippen molar-refractivity contribution in [2.45, 2.75) is 232 Å². The van der Waals surface area contributed by atoms with Crippen molar-refractivity contribution in [3.63, 3.8) is 0 Å². The van der Waals surface area contributed by atoms with Gasteiger partial charge >= 0.3 is 0 Å². The molecule has 0 saturated heterocycles. The van der Waals surface area contributed by atoms with Gasteiger partial charge in [-0.1, -0.05) is 243 Å². The van der Waals surface area contributed by atoms with E-state index in [1.54, 1.807) is 12.1 Å². The maximum atomic E-state index is 13.1. The van der Waals surface area contributed by atoms with Crippen molar-refractivity contribution in [3.05, 3.63) is 95.1 Å². The third-order valence-corrected chi connectivity index (χ3v) is 14.2. The molecule has 68 heavy (non-hydrogen) atoms. The first-order valence-electron chi connectivity index (χ1n) is 28.0. The molecule has 0 bridgehead atoms. The third-order valence-electron chi connectivity index (χ3n) is 14.2. The largest absolute Gasteiger partial charge is 0.508 e. The van der Waals surface area contributed by atoms with Crippen molar-refractivity contribution in [3.8, 4) is 11.5 Å². The summed E-state index contributed by atoms with van der Waals surface area (Å²) in [5.74, 6) is 0.206. The van der Waals surface area contributed by atoms with E-state index in [2.05, 4.69) is 31.1 Å². The van der Waals surface area contributed by atoms with Crippen LogP contribution in [0.5, 0.6) is 11.5 Å². The Balaban J connectivity index is 1.12. The van der Waals surface area contributed by atoms with Gasteiger partial charge < -0.3 is 20.8 Å². The van der Waals surface area contributed by atoms with Crippen molar-refractivity contribution in [1.82, 2.24) is 10.6 Å². The number of allylic oxidation sites excluding steroid dienone is 1.